The number of sulfonamides is 1. The van der Waals surface area contributed by atoms with E-state index in [4.69, 9.17) is 0 Å². The Balaban J connectivity index is 1.24. The monoisotopic (exact) mass is 469 g/mol. The molecule has 1 amide bonds. The third-order valence-corrected chi connectivity index (χ3v) is 8.66. The fourth-order valence-corrected chi connectivity index (χ4v) is 6.36. The van der Waals surface area contributed by atoms with Gasteiger partial charge in [-0.2, -0.15) is 0 Å². The van der Waals surface area contributed by atoms with Gasteiger partial charge in [-0.15, -0.1) is 0 Å². The maximum atomic E-state index is 12.9. The smallest absolute Gasteiger partial charge is 0.224 e. The molecule has 2 fully saturated rings. The van der Waals surface area contributed by atoms with Gasteiger partial charge in [0.2, 0.25) is 15.9 Å². The first-order chi connectivity index (χ1) is 16.0. The molecule has 178 valence electrons. The van der Waals surface area contributed by atoms with Gasteiger partial charge in [0.25, 0.3) is 0 Å². The Labute approximate surface area is 198 Å². The van der Waals surface area contributed by atoms with Crippen molar-refractivity contribution in [3.63, 3.8) is 0 Å². The van der Waals surface area contributed by atoms with Gasteiger partial charge in [0.15, 0.2) is 0 Å². The predicted molar refractivity (Wildman–Crippen MR) is 133 cm³/mol. The topological polar surface area (TPSA) is 69.7 Å². The van der Waals surface area contributed by atoms with Crippen LogP contribution in [0, 0.1) is 5.92 Å². The number of anilines is 1. The van der Waals surface area contributed by atoms with E-state index in [1.165, 1.54) is 22.8 Å². The average molecular weight is 470 g/mol. The number of aryl methyl sites for hydroxylation is 1. The highest BCUT2D eigenvalue weighted by Gasteiger charge is 2.31. The third kappa shape index (κ3) is 6.58. The Kier molecular flexibility index (Phi) is 8.04. The van der Waals surface area contributed by atoms with Gasteiger partial charge in [-0.3, -0.25) is 4.79 Å². The van der Waals surface area contributed by atoms with Gasteiger partial charge in [0.1, 0.15) is 0 Å². The lowest BCUT2D eigenvalue weighted by Crippen LogP contribution is -2.46. The molecule has 4 rings (SSSR count). The molecule has 1 N–H and O–H groups in total. The highest BCUT2D eigenvalue weighted by molar-refractivity contribution is 7.89. The van der Waals surface area contributed by atoms with Crippen LogP contribution in [0.15, 0.2) is 54.6 Å². The van der Waals surface area contributed by atoms with Gasteiger partial charge in [-0.05, 0) is 61.8 Å². The summed E-state index contributed by atoms with van der Waals surface area (Å²) in [5.41, 5.74) is 3.45. The van der Waals surface area contributed by atoms with E-state index < -0.39 is 10.0 Å². The van der Waals surface area contributed by atoms with Crippen molar-refractivity contribution >= 4 is 21.6 Å². The normalized spacial score (nSPS) is 19.5. The summed E-state index contributed by atoms with van der Waals surface area (Å²) in [7, 11) is -3.35. The zero-order valence-corrected chi connectivity index (χ0v) is 20.1. The molecule has 2 aliphatic rings. The van der Waals surface area contributed by atoms with Crippen LogP contribution < -0.4 is 10.2 Å². The van der Waals surface area contributed by atoms with Crippen LogP contribution in [0.4, 0.5) is 5.69 Å². The fraction of sp³-hybridized carbons (Fsp3) is 0.500. The second kappa shape index (κ2) is 11.2. The lowest BCUT2D eigenvalue weighted by atomic mass is 9.98. The largest absolute Gasteiger partial charge is 0.372 e. The van der Waals surface area contributed by atoms with E-state index in [9.17, 15) is 13.2 Å². The van der Waals surface area contributed by atoms with Crippen molar-refractivity contribution in [3.8, 4) is 0 Å². The Morgan fingerprint density at radius 3 is 2.36 bits per heavy atom. The maximum Gasteiger partial charge on any atom is 0.224 e. The third-order valence-electron chi connectivity index (χ3n) is 6.73. The fourth-order valence-electron chi connectivity index (χ4n) is 4.78. The number of hydrogen-bond donors (Lipinski definition) is 1. The number of benzene rings is 2. The Hall–Kier alpha value is -2.38. The first kappa shape index (κ1) is 23.8. The molecule has 0 aliphatic carbocycles. The molecular weight excluding hydrogens is 434 g/mol. The summed E-state index contributed by atoms with van der Waals surface area (Å²) < 4.78 is 27.2. The van der Waals surface area contributed by atoms with Crippen molar-refractivity contribution in [2.24, 2.45) is 5.92 Å². The van der Waals surface area contributed by atoms with Crippen LogP contribution in [0.3, 0.4) is 0 Å². The van der Waals surface area contributed by atoms with E-state index >= 15 is 0 Å². The van der Waals surface area contributed by atoms with E-state index in [0.717, 1.165) is 43.5 Å². The molecule has 2 aromatic rings. The molecule has 0 saturated carbocycles. The van der Waals surface area contributed by atoms with Crippen LogP contribution in [0.1, 0.15) is 43.2 Å². The molecule has 0 unspecified atom stereocenters. The van der Waals surface area contributed by atoms with Crippen molar-refractivity contribution in [3.05, 3.63) is 65.7 Å². The van der Waals surface area contributed by atoms with Crippen LogP contribution >= 0.6 is 0 Å². The Morgan fingerprint density at radius 2 is 1.64 bits per heavy atom. The van der Waals surface area contributed by atoms with Crippen LogP contribution in [-0.4, -0.2) is 50.6 Å². The molecular formula is C26H35N3O3S. The Bertz CT molecular complexity index is 1000. The molecule has 0 radical (unpaired) electrons. The minimum atomic E-state index is -3.35. The van der Waals surface area contributed by atoms with Crippen LogP contribution in [0.2, 0.25) is 0 Å². The van der Waals surface area contributed by atoms with Gasteiger partial charge < -0.3 is 10.2 Å². The van der Waals surface area contributed by atoms with Crippen LogP contribution in [0.5, 0.6) is 0 Å². The first-order valence-corrected chi connectivity index (χ1v) is 13.8. The SMILES string of the molecule is O=C(NCc1ccc(N2CCCC2)cc1)[C@H]1CCCN(S(=O)(=O)CCCc2ccccc2)C1. The van der Waals surface area contributed by atoms with Crippen molar-refractivity contribution in [1.29, 1.82) is 0 Å². The molecule has 7 heteroatoms. The summed E-state index contributed by atoms with van der Waals surface area (Å²) in [6, 6.07) is 18.3. The van der Waals surface area contributed by atoms with Crippen molar-refractivity contribution in [2.45, 2.75) is 45.1 Å². The summed E-state index contributed by atoms with van der Waals surface area (Å²) in [6.07, 6.45) is 5.29. The van der Waals surface area contributed by atoms with Crippen molar-refractivity contribution < 1.29 is 13.2 Å². The predicted octanol–water partition coefficient (Wildman–Crippen LogP) is 3.58. The number of nitrogens with one attached hydrogen (secondary N) is 1. The molecule has 0 spiro atoms. The van der Waals surface area contributed by atoms with Crippen molar-refractivity contribution in [2.75, 3.05) is 36.8 Å². The van der Waals surface area contributed by atoms with E-state index in [1.807, 2.05) is 30.3 Å². The number of amides is 1. The van der Waals surface area contributed by atoms with Gasteiger partial charge in [-0.1, -0.05) is 42.5 Å². The molecule has 2 saturated heterocycles. The van der Waals surface area contributed by atoms with Gasteiger partial charge in [0, 0.05) is 38.4 Å². The number of carbonyl (C=O) groups is 1. The van der Waals surface area contributed by atoms with Crippen LogP contribution in [-0.2, 0) is 27.8 Å². The molecule has 6 nitrogen and oxygen atoms in total. The number of carbonyl (C=O) groups excluding carboxylic acids is 1. The molecule has 2 aromatic carbocycles. The van der Waals surface area contributed by atoms with E-state index in [1.54, 1.807) is 0 Å². The molecule has 0 bridgehead atoms. The highest BCUT2D eigenvalue weighted by Crippen LogP contribution is 2.22. The number of piperidine rings is 1. The number of rotatable bonds is 9. The van der Waals surface area contributed by atoms with E-state index in [-0.39, 0.29) is 24.1 Å². The second-order valence-corrected chi connectivity index (χ2v) is 11.3. The number of hydrogen-bond acceptors (Lipinski definition) is 4. The second-order valence-electron chi connectivity index (χ2n) is 9.18. The zero-order chi connectivity index (χ0) is 23.1. The standard InChI is InChI=1S/C26H35N3O3S/c30-26(27-20-23-12-14-25(15-13-23)28-16-4-5-17-28)24-11-6-18-29(21-24)33(31,32)19-7-10-22-8-2-1-3-9-22/h1-3,8-9,12-15,24H,4-7,10-11,16-21H2,(H,27,30)/t24-/m0/s1. The summed E-state index contributed by atoms with van der Waals surface area (Å²) in [6.45, 7) is 3.50. The lowest BCUT2D eigenvalue weighted by molar-refractivity contribution is -0.126. The lowest BCUT2D eigenvalue weighted by Gasteiger charge is -2.31. The van der Waals surface area contributed by atoms with E-state index in [2.05, 4.69) is 34.5 Å². The quantitative estimate of drug-likeness (QED) is 0.610. The van der Waals surface area contributed by atoms with Crippen LogP contribution in [0.25, 0.3) is 0 Å². The first-order valence-electron chi connectivity index (χ1n) is 12.1. The van der Waals surface area contributed by atoms with Gasteiger partial charge >= 0.3 is 0 Å². The Morgan fingerprint density at radius 1 is 0.909 bits per heavy atom. The zero-order valence-electron chi connectivity index (χ0n) is 19.3. The minimum absolute atomic E-state index is 0.0530. The van der Waals surface area contributed by atoms with E-state index in [0.29, 0.717) is 19.5 Å². The maximum absolute atomic E-state index is 12.9. The van der Waals surface area contributed by atoms with Gasteiger partial charge in [0.05, 0.1) is 11.7 Å². The molecule has 33 heavy (non-hydrogen) atoms. The minimum Gasteiger partial charge on any atom is -0.372 e. The molecule has 2 aliphatic heterocycles. The van der Waals surface area contributed by atoms with Crippen molar-refractivity contribution in [1.82, 2.24) is 9.62 Å². The van der Waals surface area contributed by atoms with Gasteiger partial charge in [-0.25, -0.2) is 12.7 Å². The summed E-state index contributed by atoms with van der Waals surface area (Å²) in [5, 5.41) is 3.02. The molecule has 1 atom stereocenters. The summed E-state index contributed by atoms with van der Waals surface area (Å²) >= 11 is 0. The number of nitrogens with zero attached hydrogens (tertiary/aromatic N) is 2. The highest BCUT2D eigenvalue weighted by atomic mass is 32.2. The average Bonchev–Trinajstić information content (AvgIpc) is 3.39. The molecule has 0 aromatic heterocycles. The summed E-state index contributed by atoms with van der Waals surface area (Å²) in [5.74, 6) is -0.214. The summed E-state index contributed by atoms with van der Waals surface area (Å²) in [4.78, 5) is 15.2. The molecule has 2 heterocycles.